The Labute approximate surface area is 139 Å². The minimum Gasteiger partial charge on any atom is -0.303 e. The van der Waals surface area contributed by atoms with E-state index in [9.17, 15) is 13.2 Å². The van der Waals surface area contributed by atoms with Crippen LogP contribution in [-0.4, -0.2) is 44.0 Å². The predicted octanol–water partition coefficient (Wildman–Crippen LogP) is 2.93. The molecule has 128 valence electrons. The van der Waals surface area contributed by atoms with Gasteiger partial charge in [-0.1, -0.05) is 18.2 Å². The molecule has 1 aliphatic rings. The van der Waals surface area contributed by atoms with Crippen LogP contribution in [0.25, 0.3) is 0 Å². The van der Waals surface area contributed by atoms with Crippen LogP contribution >= 0.6 is 0 Å². The van der Waals surface area contributed by atoms with Crippen LogP contribution in [0, 0.1) is 5.92 Å². The molecule has 1 fully saturated rings. The van der Waals surface area contributed by atoms with Crippen LogP contribution < -0.4 is 0 Å². The average Bonchev–Trinajstić information content (AvgIpc) is 2.55. The van der Waals surface area contributed by atoms with E-state index in [-0.39, 0.29) is 5.92 Å². The minimum absolute atomic E-state index is 0.143. The molecule has 0 bridgehead atoms. The van der Waals surface area contributed by atoms with Crippen molar-refractivity contribution < 1.29 is 13.2 Å². The van der Waals surface area contributed by atoms with E-state index in [1.165, 1.54) is 0 Å². The van der Waals surface area contributed by atoms with Crippen molar-refractivity contribution in [2.24, 2.45) is 5.92 Å². The number of nitrogens with zero attached hydrogens (tertiary/aromatic N) is 1. The fourth-order valence-corrected chi connectivity index (χ4v) is 4.75. The van der Waals surface area contributed by atoms with Gasteiger partial charge in [0.2, 0.25) is 0 Å². The topological polar surface area (TPSA) is 54.5 Å². The van der Waals surface area contributed by atoms with E-state index < -0.39 is 14.6 Å². The summed E-state index contributed by atoms with van der Waals surface area (Å²) in [5, 5.41) is 0. The third-order valence-corrected chi connectivity index (χ3v) is 7.32. The lowest BCUT2D eigenvalue weighted by atomic mass is 9.99. The fourth-order valence-electron chi connectivity index (χ4n) is 3.19. The second-order valence-corrected chi connectivity index (χ2v) is 9.60. The van der Waals surface area contributed by atoms with Crippen molar-refractivity contribution in [3.05, 3.63) is 30.3 Å². The zero-order valence-corrected chi connectivity index (χ0v) is 14.9. The van der Waals surface area contributed by atoms with Crippen LogP contribution in [0.15, 0.2) is 35.2 Å². The maximum atomic E-state index is 12.8. The first-order valence-electron chi connectivity index (χ1n) is 8.34. The summed E-state index contributed by atoms with van der Waals surface area (Å²) in [5.74, 6) is 0.143. The Morgan fingerprint density at radius 2 is 1.96 bits per heavy atom. The standard InChI is InChI=1S/C18H27NO3S/c1-18(2,23(21,22)17-9-4-3-5-10-17)11-7-13-19-12-6-8-16(14-19)15-20/h3-5,9-10,15-16H,6-8,11-14H2,1-2H3. The summed E-state index contributed by atoms with van der Waals surface area (Å²) >= 11 is 0. The summed E-state index contributed by atoms with van der Waals surface area (Å²) in [6.07, 6.45) is 4.52. The highest BCUT2D eigenvalue weighted by Gasteiger charge is 2.35. The molecule has 5 heteroatoms. The van der Waals surface area contributed by atoms with E-state index in [4.69, 9.17) is 0 Å². The van der Waals surface area contributed by atoms with Crippen LogP contribution in [0.1, 0.15) is 39.5 Å². The van der Waals surface area contributed by atoms with Gasteiger partial charge >= 0.3 is 0 Å². The van der Waals surface area contributed by atoms with E-state index in [2.05, 4.69) is 4.90 Å². The predicted molar refractivity (Wildman–Crippen MR) is 92.2 cm³/mol. The molecular formula is C18H27NO3S. The summed E-state index contributed by atoms with van der Waals surface area (Å²) in [5.41, 5.74) is 0. The van der Waals surface area contributed by atoms with Gasteiger partial charge in [0.25, 0.3) is 0 Å². The highest BCUT2D eigenvalue weighted by Crippen LogP contribution is 2.29. The normalized spacial score (nSPS) is 20.3. The molecular weight excluding hydrogens is 310 g/mol. The smallest absolute Gasteiger partial charge is 0.183 e. The Hall–Kier alpha value is -1.20. The van der Waals surface area contributed by atoms with Gasteiger partial charge in [0.15, 0.2) is 9.84 Å². The molecule has 1 aliphatic heterocycles. The maximum Gasteiger partial charge on any atom is 0.183 e. The Kier molecular flexibility index (Phi) is 5.98. The van der Waals surface area contributed by atoms with E-state index in [1.807, 2.05) is 6.07 Å². The lowest BCUT2D eigenvalue weighted by molar-refractivity contribution is -0.112. The summed E-state index contributed by atoms with van der Waals surface area (Å²) in [4.78, 5) is 13.6. The summed E-state index contributed by atoms with van der Waals surface area (Å²) in [6.45, 7) is 6.29. The molecule has 1 unspecified atom stereocenters. The number of aldehydes is 1. The van der Waals surface area contributed by atoms with Crippen molar-refractivity contribution in [1.82, 2.24) is 4.90 Å². The minimum atomic E-state index is -3.33. The summed E-state index contributed by atoms with van der Waals surface area (Å²) in [6, 6.07) is 8.67. The van der Waals surface area contributed by atoms with E-state index in [0.29, 0.717) is 11.3 Å². The highest BCUT2D eigenvalue weighted by molar-refractivity contribution is 7.92. The monoisotopic (exact) mass is 337 g/mol. The number of rotatable bonds is 7. The van der Waals surface area contributed by atoms with Gasteiger partial charge in [-0.15, -0.1) is 0 Å². The molecule has 1 aromatic carbocycles. The Bertz CT molecular complexity index is 610. The zero-order valence-electron chi connectivity index (χ0n) is 14.1. The molecule has 0 radical (unpaired) electrons. The molecule has 4 nitrogen and oxygen atoms in total. The molecule has 23 heavy (non-hydrogen) atoms. The number of hydrogen-bond acceptors (Lipinski definition) is 4. The van der Waals surface area contributed by atoms with Gasteiger partial charge in [0, 0.05) is 12.5 Å². The molecule has 0 aliphatic carbocycles. The molecule has 1 atom stereocenters. The van der Waals surface area contributed by atoms with Crippen molar-refractivity contribution in [2.45, 2.75) is 49.2 Å². The second-order valence-electron chi connectivity index (χ2n) is 7.02. The average molecular weight is 337 g/mol. The first kappa shape index (κ1) is 18.1. The van der Waals surface area contributed by atoms with Crippen molar-refractivity contribution in [3.8, 4) is 0 Å². The van der Waals surface area contributed by atoms with Crippen LogP contribution in [0.4, 0.5) is 0 Å². The number of sulfone groups is 1. The fraction of sp³-hybridized carbons (Fsp3) is 0.611. The Morgan fingerprint density at radius 3 is 2.61 bits per heavy atom. The number of carbonyl (C=O) groups excluding carboxylic acids is 1. The molecule has 0 N–H and O–H groups in total. The largest absolute Gasteiger partial charge is 0.303 e. The lowest BCUT2D eigenvalue weighted by Gasteiger charge is -2.31. The van der Waals surface area contributed by atoms with Gasteiger partial charge in [-0.3, -0.25) is 0 Å². The molecule has 1 aromatic rings. The zero-order chi connectivity index (χ0) is 16.9. The van der Waals surface area contributed by atoms with E-state index in [0.717, 1.165) is 45.2 Å². The van der Waals surface area contributed by atoms with Gasteiger partial charge in [0.05, 0.1) is 9.64 Å². The number of likely N-dealkylation sites (tertiary alicyclic amines) is 1. The van der Waals surface area contributed by atoms with E-state index >= 15 is 0 Å². The van der Waals surface area contributed by atoms with Crippen LogP contribution in [0.2, 0.25) is 0 Å². The second kappa shape index (κ2) is 7.58. The Morgan fingerprint density at radius 1 is 1.26 bits per heavy atom. The quantitative estimate of drug-likeness (QED) is 0.718. The van der Waals surface area contributed by atoms with Gasteiger partial charge in [-0.05, 0) is 64.8 Å². The molecule has 0 amide bonds. The number of benzene rings is 1. The van der Waals surface area contributed by atoms with Crippen LogP contribution in [0.3, 0.4) is 0 Å². The van der Waals surface area contributed by atoms with Crippen molar-refractivity contribution in [1.29, 1.82) is 0 Å². The third kappa shape index (κ3) is 4.42. The molecule has 1 saturated heterocycles. The van der Waals surface area contributed by atoms with E-state index in [1.54, 1.807) is 38.1 Å². The van der Waals surface area contributed by atoms with Gasteiger partial charge < -0.3 is 9.69 Å². The van der Waals surface area contributed by atoms with Gasteiger partial charge in [-0.25, -0.2) is 8.42 Å². The number of piperidine rings is 1. The molecule has 0 saturated carbocycles. The van der Waals surface area contributed by atoms with Gasteiger partial charge in [0.1, 0.15) is 6.29 Å². The summed E-state index contributed by atoms with van der Waals surface area (Å²) < 4.78 is 24.8. The van der Waals surface area contributed by atoms with Crippen molar-refractivity contribution in [3.63, 3.8) is 0 Å². The first-order valence-corrected chi connectivity index (χ1v) is 9.82. The Balaban J connectivity index is 1.92. The highest BCUT2D eigenvalue weighted by atomic mass is 32.2. The van der Waals surface area contributed by atoms with Crippen molar-refractivity contribution >= 4 is 16.1 Å². The summed E-state index contributed by atoms with van der Waals surface area (Å²) in [7, 11) is -3.33. The number of hydrogen-bond donors (Lipinski definition) is 0. The maximum absolute atomic E-state index is 12.8. The molecule has 2 rings (SSSR count). The lowest BCUT2D eigenvalue weighted by Crippen LogP contribution is -2.38. The number of carbonyl (C=O) groups is 1. The van der Waals surface area contributed by atoms with Crippen molar-refractivity contribution in [2.75, 3.05) is 19.6 Å². The molecule has 0 spiro atoms. The first-order chi connectivity index (χ1) is 10.9. The molecule has 0 aromatic heterocycles. The van der Waals surface area contributed by atoms with Crippen LogP contribution in [-0.2, 0) is 14.6 Å². The molecule has 1 heterocycles. The van der Waals surface area contributed by atoms with Crippen LogP contribution in [0.5, 0.6) is 0 Å². The SMILES string of the molecule is CC(C)(CCCN1CCCC(C=O)C1)S(=O)(=O)c1ccccc1. The van der Waals surface area contributed by atoms with Gasteiger partial charge in [-0.2, -0.15) is 0 Å². The third-order valence-electron chi connectivity index (χ3n) is 4.77.